The van der Waals surface area contributed by atoms with Gasteiger partial charge in [0, 0.05) is 35.6 Å². The summed E-state index contributed by atoms with van der Waals surface area (Å²) in [7, 11) is 8.71. The molecule has 1 aliphatic heterocycles. The van der Waals surface area contributed by atoms with Crippen LogP contribution in [0.5, 0.6) is 17.2 Å². The fourth-order valence-electron chi connectivity index (χ4n) is 4.35. The molecule has 0 spiro atoms. The summed E-state index contributed by atoms with van der Waals surface area (Å²) >= 11 is 6.30. The van der Waals surface area contributed by atoms with Crippen LogP contribution in [0, 0.1) is 5.82 Å². The first kappa shape index (κ1) is 25.6. The van der Waals surface area contributed by atoms with Crippen molar-refractivity contribution in [2.45, 2.75) is 12.4 Å². The highest BCUT2D eigenvalue weighted by molar-refractivity contribution is 6.32. The topological polar surface area (TPSA) is 75.8 Å². The first-order valence-corrected chi connectivity index (χ1v) is 11.8. The van der Waals surface area contributed by atoms with Crippen molar-refractivity contribution in [2.75, 3.05) is 40.7 Å². The van der Waals surface area contributed by atoms with Crippen LogP contribution in [-0.2, 0) is 6.61 Å². The Morgan fingerprint density at radius 1 is 0.917 bits per heavy atom. The van der Waals surface area contributed by atoms with Crippen LogP contribution in [0.3, 0.4) is 0 Å². The van der Waals surface area contributed by atoms with Crippen LogP contribution in [-0.4, -0.2) is 41.1 Å². The largest absolute Gasteiger partial charge is 0.495 e. The molecule has 0 unspecified atom stereocenters. The van der Waals surface area contributed by atoms with Gasteiger partial charge in [0.1, 0.15) is 18.2 Å². The van der Waals surface area contributed by atoms with Gasteiger partial charge in [-0.3, -0.25) is 10.6 Å². The molecule has 1 heterocycles. The molecule has 9 heteroatoms. The number of fused-ring (bicyclic) bond motifs is 1. The second-order valence-electron chi connectivity index (χ2n) is 8.19. The van der Waals surface area contributed by atoms with Gasteiger partial charge in [0.15, 0.2) is 17.3 Å². The maximum atomic E-state index is 14.0. The average molecular weight is 513 g/mol. The molecule has 0 atom stereocenters. The van der Waals surface area contributed by atoms with E-state index in [1.807, 2.05) is 51.5 Å². The van der Waals surface area contributed by atoms with Gasteiger partial charge in [-0.1, -0.05) is 23.7 Å². The van der Waals surface area contributed by atoms with Crippen LogP contribution in [0.25, 0.3) is 16.8 Å². The monoisotopic (exact) mass is 512 g/mol. The van der Waals surface area contributed by atoms with E-state index in [0.717, 1.165) is 33.6 Å². The lowest BCUT2D eigenvalue weighted by atomic mass is 9.90. The third-order valence-electron chi connectivity index (χ3n) is 6.29. The number of methoxy groups -OCH3 is 2. The summed E-state index contributed by atoms with van der Waals surface area (Å²) in [6.45, 7) is 0.149. The predicted molar refractivity (Wildman–Crippen MR) is 142 cm³/mol. The molecule has 7 nitrogen and oxygen atoms in total. The molecule has 0 radical (unpaired) electrons. The molecule has 0 fully saturated rings. The molecule has 4 rings (SSSR count). The van der Waals surface area contributed by atoms with Crippen LogP contribution in [0.4, 0.5) is 10.1 Å². The standard InChI is InChI=1S/C27H30ClFN4O3/c1-30-22-14-27(31-2,32-3)33-21-10-8-18(16-6-9-20(28)24(12-16)35-5)19(26(21)22)15-36-25-13-17(29)7-11-23(25)34-4/h6-14,30-33H,15H2,1-5H3. The summed E-state index contributed by atoms with van der Waals surface area (Å²) in [6, 6.07) is 13.9. The Bertz CT molecular complexity index is 1290. The molecular formula is C27H30ClFN4O3. The molecular weight excluding hydrogens is 483 g/mol. The number of rotatable bonds is 9. The zero-order valence-electron chi connectivity index (χ0n) is 20.9. The number of hydrogen-bond donors (Lipinski definition) is 4. The zero-order valence-corrected chi connectivity index (χ0v) is 21.6. The Hall–Kier alpha value is -3.46. The second-order valence-corrected chi connectivity index (χ2v) is 8.60. The van der Waals surface area contributed by atoms with E-state index in [2.05, 4.69) is 21.3 Å². The van der Waals surface area contributed by atoms with Crippen LogP contribution in [0.15, 0.2) is 54.6 Å². The van der Waals surface area contributed by atoms with Crippen LogP contribution >= 0.6 is 11.6 Å². The summed E-state index contributed by atoms with van der Waals surface area (Å²) in [5, 5.41) is 13.9. The molecule has 0 saturated heterocycles. The second kappa shape index (κ2) is 10.7. The summed E-state index contributed by atoms with van der Waals surface area (Å²) in [6.07, 6.45) is 2.04. The zero-order chi connectivity index (χ0) is 25.9. The Kier molecular flexibility index (Phi) is 7.59. The van der Waals surface area contributed by atoms with Crippen molar-refractivity contribution in [2.24, 2.45) is 0 Å². The number of ether oxygens (including phenoxy) is 3. The summed E-state index contributed by atoms with van der Waals surface area (Å²) in [5.74, 6) is 0.266. The van der Waals surface area contributed by atoms with E-state index < -0.39 is 11.6 Å². The Morgan fingerprint density at radius 2 is 1.67 bits per heavy atom. The lowest BCUT2D eigenvalue weighted by Crippen LogP contribution is -2.60. The fraction of sp³-hybridized carbons (Fsp3) is 0.259. The highest BCUT2D eigenvalue weighted by atomic mass is 35.5. The van der Waals surface area contributed by atoms with E-state index in [1.165, 1.54) is 19.2 Å². The van der Waals surface area contributed by atoms with Crippen molar-refractivity contribution in [3.8, 4) is 28.4 Å². The molecule has 0 aliphatic carbocycles. The maximum Gasteiger partial charge on any atom is 0.165 e. The van der Waals surface area contributed by atoms with Gasteiger partial charge < -0.3 is 24.8 Å². The molecule has 4 N–H and O–H groups in total. The smallest absolute Gasteiger partial charge is 0.165 e. The number of anilines is 1. The van der Waals surface area contributed by atoms with Gasteiger partial charge >= 0.3 is 0 Å². The van der Waals surface area contributed by atoms with Crippen LogP contribution in [0.1, 0.15) is 11.1 Å². The Balaban J connectivity index is 1.89. The fourth-order valence-corrected chi connectivity index (χ4v) is 4.54. The van der Waals surface area contributed by atoms with Crippen molar-refractivity contribution in [3.05, 3.63) is 76.6 Å². The van der Waals surface area contributed by atoms with Crippen molar-refractivity contribution >= 4 is 23.0 Å². The van der Waals surface area contributed by atoms with Gasteiger partial charge in [-0.2, -0.15) is 0 Å². The minimum absolute atomic E-state index is 0.149. The Labute approximate surface area is 215 Å². The third kappa shape index (κ3) is 4.80. The SMILES string of the molecule is CNC1=CC(NC)(NC)Nc2ccc(-c3ccc(Cl)c(OC)c3)c(COc3cc(F)ccc3OC)c21. The van der Waals surface area contributed by atoms with E-state index in [0.29, 0.717) is 22.3 Å². The summed E-state index contributed by atoms with van der Waals surface area (Å²) in [4.78, 5) is 0. The van der Waals surface area contributed by atoms with Crippen molar-refractivity contribution in [3.63, 3.8) is 0 Å². The molecule has 190 valence electrons. The molecule has 1 aliphatic rings. The van der Waals surface area contributed by atoms with E-state index in [-0.39, 0.29) is 6.61 Å². The minimum Gasteiger partial charge on any atom is -0.495 e. The highest BCUT2D eigenvalue weighted by Gasteiger charge is 2.32. The number of likely N-dealkylation sites (N-methyl/N-ethyl adjacent to an activating group) is 2. The van der Waals surface area contributed by atoms with E-state index in [4.69, 9.17) is 25.8 Å². The van der Waals surface area contributed by atoms with E-state index in [9.17, 15) is 4.39 Å². The van der Waals surface area contributed by atoms with Crippen molar-refractivity contribution in [1.82, 2.24) is 16.0 Å². The number of hydrogen-bond acceptors (Lipinski definition) is 7. The first-order valence-electron chi connectivity index (χ1n) is 11.4. The van der Waals surface area contributed by atoms with Gasteiger partial charge in [0.25, 0.3) is 0 Å². The molecule has 0 saturated carbocycles. The lowest BCUT2D eigenvalue weighted by molar-refractivity contribution is 0.283. The maximum absolute atomic E-state index is 14.0. The number of benzene rings is 3. The number of nitrogens with one attached hydrogen (secondary N) is 4. The normalized spacial score (nSPS) is 13.8. The third-order valence-corrected chi connectivity index (χ3v) is 6.60. The molecule has 3 aromatic rings. The first-order chi connectivity index (χ1) is 17.4. The molecule has 36 heavy (non-hydrogen) atoms. The van der Waals surface area contributed by atoms with Crippen molar-refractivity contribution in [1.29, 1.82) is 0 Å². The lowest BCUT2D eigenvalue weighted by Gasteiger charge is -2.38. The molecule has 0 amide bonds. The minimum atomic E-state index is -0.653. The Morgan fingerprint density at radius 3 is 2.33 bits per heavy atom. The summed E-state index contributed by atoms with van der Waals surface area (Å²) < 4.78 is 31.0. The van der Waals surface area contributed by atoms with Gasteiger partial charge in [-0.25, -0.2) is 4.39 Å². The highest BCUT2D eigenvalue weighted by Crippen LogP contribution is 2.41. The van der Waals surface area contributed by atoms with Gasteiger partial charge in [-0.15, -0.1) is 0 Å². The summed E-state index contributed by atoms with van der Waals surface area (Å²) in [5.41, 5.74) is 5.42. The van der Waals surface area contributed by atoms with Gasteiger partial charge in [-0.05, 0) is 61.6 Å². The van der Waals surface area contributed by atoms with E-state index in [1.54, 1.807) is 19.2 Å². The van der Waals surface area contributed by atoms with Crippen LogP contribution in [0.2, 0.25) is 5.02 Å². The van der Waals surface area contributed by atoms with Gasteiger partial charge in [0.05, 0.1) is 19.2 Å². The molecule has 0 bridgehead atoms. The molecule has 0 aromatic heterocycles. The molecule has 3 aromatic carbocycles. The predicted octanol–water partition coefficient (Wildman–Crippen LogP) is 4.82. The van der Waals surface area contributed by atoms with Crippen LogP contribution < -0.4 is 35.5 Å². The van der Waals surface area contributed by atoms with Gasteiger partial charge in [0.2, 0.25) is 0 Å². The van der Waals surface area contributed by atoms with E-state index >= 15 is 0 Å². The average Bonchev–Trinajstić information content (AvgIpc) is 2.91. The van der Waals surface area contributed by atoms with Crippen molar-refractivity contribution < 1.29 is 18.6 Å². The number of halogens is 2. The quantitative estimate of drug-likeness (QED) is 0.306.